The van der Waals surface area contributed by atoms with Crippen LogP contribution >= 0.6 is 11.6 Å². The van der Waals surface area contributed by atoms with E-state index in [9.17, 15) is 9.59 Å². The number of halogens is 1. The molecule has 4 nitrogen and oxygen atoms in total. The lowest BCUT2D eigenvalue weighted by Gasteiger charge is -2.32. The van der Waals surface area contributed by atoms with Gasteiger partial charge in [0.2, 0.25) is 11.8 Å². The van der Waals surface area contributed by atoms with Crippen LogP contribution in [0.4, 0.5) is 0 Å². The van der Waals surface area contributed by atoms with Gasteiger partial charge in [-0.2, -0.15) is 0 Å². The van der Waals surface area contributed by atoms with Crippen molar-refractivity contribution >= 4 is 23.4 Å². The van der Waals surface area contributed by atoms with Gasteiger partial charge in [0.05, 0.1) is 6.42 Å². The minimum Gasteiger partial charge on any atom is -0.354 e. The van der Waals surface area contributed by atoms with E-state index in [1.54, 1.807) is 4.90 Å². The molecule has 3 rings (SSSR count). The van der Waals surface area contributed by atoms with Crippen molar-refractivity contribution in [3.8, 4) is 0 Å². The van der Waals surface area contributed by atoms with E-state index in [2.05, 4.69) is 32.2 Å². The molecule has 0 spiro atoms. The predicted molar refractivity (Wildman–Crippen MR) is 143 cm³/mol. The molecule has 0 saturated carbocycles. The highest BCUT2D eigenvalue weighted by atomic mass is 35.5. The fourth-order valence-corrected chi connectivity index (χ4v) is 4.21. The van der Waals surface area contributed by atoms with Crippen molar-refractivity contribution in [1.29, 1.82) is 0 Å². The molecule has 0 bridgehead atoms. The fraction of sp³-hybridized carbons (Fsp3) is 0.333. The molecule has 1 atom stereocenters. The number of nitrogens with zero attached hydrogens (tertiary/aromatic N) is 1. The lowest BCUT2D eigenvalue weighted by Crippen LogP contribution is -2.51. The molecule has 2 amide bonds. The van der Waals surface area contributed by atoms with Crippen LogP contribution in [-0.4, -0.2) is 29.3 Å². The van der Waals surface area contributed by atoms with Crippen LogP contribution in [-0.2, 0) is 29.0 Å². The zero-order valence-corrected chi connectivity index (χ0v) is 21.8. The standard InChI is InChI=1S/C30H35ClN2O2/c1-21(2)19-32-30(35)28(17-24-9-6-5-7-10-24)33(20-26-11-8-12-27(31)16-26)29(34)18-25-14-13-22(3)23(4)15-25/h5-16,21,28H,17-20H2,1-4H3,(H,32,35)/t28-/m1/s1. The molecule has 0 saturated heterocycles. The van der Waals surface area contributed by atoms with Gasteiger partial charge < -0.3 is 10.2 Å². The van der Waals surface area contributed by atoms with Gasteiger partial charge in [-0.15, -0.1) is 0 Å². The maximum absolute atomic E-state index is 13.8. The molecule has 35 heavy (non-hydrogen) atoms. The summed E-state index contributed by atoms with van der Waals surface area (Å²) < 4.78 is 0. The van der Waals surface area contributed by atoms with Crippen molar-refractivity contribution in [2.75, 3.05) is 6.54 Å². The molecule has 0 heterocycles. The molecule has 3 aromatic carbocycles. The highest BCUT2D eigenvalue weighted by molar-refractivity contribution is 6.30. The quantitative estimate of drug-likeness (QED) is 0.384. The fourth-order valence-electron chi connectivity index (χ4n) is 4.00. The van der Waals surface area contributed by atoms with Crippen molar-refractivity contribution in [1.82, 2.24) is 10.2 Å². The highest BCUT2D eigenvalue weighted by Gasteiger charge is 2.30. The molecule has 0 radical (unpaired) electrons. The molecular weight excluding hydrogens is 456 g/mol. The Hall–Kier alpha value is -3.11. The Bertz CT molecular complexity index is 1140. The van der Waals surface area contributed by atoms with Crippen LogP contribution in [0.5, 0.6) is 0 Å². The molecule has 5 heteroatoms. The van der Waals surface area contributed by atoms with Gasteiger partial charge in [-0.1, -0.05) is 86.1 Å². The molecule has 184 valence electrons. The van der Waals surface area contributed by atoms with Crippen molar-refractivity contribution in [3.05, 3.63) is 106 Å². The van der Waals surface area contributed by atoms with Gasteiger partial charge in [-0.3, -0.25) is 9.59 Å². The lowest BCUT2D eigenvalue weighted by molar-refractivity contribution is -0.140. The Morgan fingerprint density at radius 2 is 1.57 bits per heavy atom. The summed E-state index contributed by atoms with van der Waals surface area (Å²) in [5.74, 6) is 0.0795. The number of nitrogens with one attached hydrogen (secondary N) is 1. The molecule has 0 fully saturated rings. The molecule has 1 N–H and O–H groups in total. The number of hydrogen-bond donors (Lipinski definition) is 1. The van der Waals surface area contributed by atoms with E-state index in [0.717, 1.165) is 22.3 Å². The Labute approximate surface area is 214 Å². The van der Waals surface area contributed by atoms with Crippen LogP contribution in [0.3, 0.4) is 0 Å². The summed E-state index contributed by atoms with van der Waals surface area (Å²) in [5, 5.41) is 3.66. The number of hydrogen-bond acceptors (Lipinski definition) is 2. The van der Waals surface area contributed by atoms with Crippen molar-refractivity contribution in [2.45, 2.75) is 53.1 Å². The maximum Gasteiger partial charge on any atom is 0.243 e. The van der Waals surface area contributed by atoms with Gasteiger partial charge in [0.15, 0.2) is 0 Å². The third-order valence-corrected chi connectivity index (χ3v) is 6.36. The van der Waals surface area contributed by atoms with Crippen LogP contribution in [0.2, 0.25) is 5.02 Å². The monoisotopic (exact) mass is 490 g/mol. The second kappa shape index (κ2) is 12.6. The number of carbonyl (C=O) groups is 2. The van der Waals surface area contributed by atoms with Gasteiger partial charge in [-0.25, -0.2) is 0 Å². The highest BCUT2D eigenvalue weighted by Crippen LogP contribution is 2.19. The number of amides is 2. The van der Waals surface area contributed by atoms with Gasteiger partial charge in [0.25, 0.3) is 0 Å². The first-order chi connectivity index (χ1) is 16.7. The van der Waals surface area contributed by atoms with Crippen LogP contribution in [0.15, 0.2) is 72.8 Å². The van der Waals surface area contributed by atoms with Crippen LogP contribution in [0.25, 0.3) is 0 Å². The van der Waals surface area contributed by atoms with E-state index in [1.807, 2.05) is 73.7 Å². The van der Waals surface area contributed by atoms with Crippen molar-refractivity contribution < 1.29 is 9.59 Å². The first-order valence-electron chi connectivity index (χ1n) is 12.1. The van der Waals surface area contributed by atoms with E-state index >= 15 is 0 Å². The Morgan fingerprint density at radius 1 is 0.857 bits per heavy atom. The first-order valence-corrected chi connectivity index (χ1v) is 12.5. The SMILES string of the molecule is Cc1ccc(CC(=O)N(Cc2cccc(Cl)c2)[C@H](Cc2ccccc2)C(=O)NCC(C)C)cc1C. The molecular formula is C30H35ClN2O2. The Kier molecular flexibility index (Phi) is 9.50. The van der Waals surface area contributed by atoms with E-state index in [0.29, 0.717) is 30.5 Å². The van der Waals surface area contributed by atoms with Gasteiger partial charge >= 0.3 is 0 Å². The molecule has 3 aromatic rings. The van der Waals surface area contributed by atoms with Gasteiger partial charge in [0, 0.05) is 24.5 Å². The molecule has 0 aromatic heterocycles. The van der Waals surface area contributed by atoms with E-state index in [4.69, 9.17) is 11.6 Å². The van der Waals surface area contributed by atoms with E-state index in [1.165, 1.54) is 5.56 Å². The second-order valence-electron chi connectivity index (χ2n) is 9.59. The number of rotatable bonds is 10. The van der Waals surface area contributed by atoms with Gasteiger partial charge in [0.1, 0.15) is 6.04 Å². The zero-order chi connectivity index (χ0) is 25.4. The summed E-state index contributed by atoms with van der Waals surface area (Å²) in [4.78, 5) is 29.0. The smallest absolute Gasteiger partial charge is 0.243 e. The number of aryl methyl sites for hydroxylation is 2. The molecule has 0 aliphatic carbocycles. The van der Waals surface area contributed by atoms with Crippen molar-refractivity contribution in [2.24, 2.45) is 5.92 Å². The summed E-state index contributed by atoms with van der Waals surface area (Å²) in [7, 11) is 0. The third kappa shape index (κ3) is 7.97. The summed E-state index contributed by atoms with van der Waals surface area (Å²) in [6.07, 6.45) is 0.661. The Balaban J connectivity index is 1.96. The minimum absolute atomic E-state index is 0.0890. The van der Waals surface area contributed by atoms with Crippen LogP contribution in [0.1, 0.15) is 41.7 Å². The van der Waals surface area contributed by atoms with E-state index < -0.39 is 6.04 Å². The number of benzene rings is 3. The molecule has 0 aliphatic heterocycles. The summed E-state index contributed by atoms with van der Waals surface area (Å²) in [6, 6.07) is 22.7. The lowest BCUT2D eigenvalue weighted by atomic mass is 10.00. The minimum atomic E-state index is -0.644. The topological polar surface area (TPSA) is 49.4 Å². The third-order valence-electron chi connectivity index (χ3n) is 6.12. The maximum atomic E-state index is 13.8. The normalized spacial score (nSPS) is 11.8. The average Bonchev–Trinajstić information content (AvgIpc) is 2.82. The van der Waals surface area contributed by atoms with E-state index in [-0.39, 0.29) is 18.2 Å². The second-order valence-corrected chi connectivity index (χ2v) is 10.0. The van der Waals surface area contributed by atoms with Crippen molar-refractivity contribution in [3.63, 3.8) is 0 Å². The van der Waals surface area contributed by atoms with Crippen LogP contribution in [0, 0.1) is 19.8 Å². The zero-order valence-electron chi connectivity index (χ0n) is 21.1. The first kappa shape index (κ1) is 26.5. The molecule has 0 unspecified atom stereocenters. The summed E-state index contributed by atoms with van der Waals surface area (Å²) in [5.41, 5.74) is 5.17. The van der Waals surface area contributed by atoms with Gasteiger partial charge in [-0.05, 0) is 59.7 Å². The summed E-state index contributed by atoms with van der Waals surface area (Å²) >= 11 is 6.24. The Morgan fingerprint density at radius 3 is 2.23 bits per heavy atom. The number of carbonyl (C=O) groups excluding carboxylic acids is 2. The largest absolute Gasteiger partial charge is 0.354 e. The predicted octanol–water partition coefficient (Wildman–Crippen LogP) is 5.91. The summed E-state index contributed by atoms with van der Waals surface area (Å²) in [6.45, 7) is 9.07. The average molecular weight is 491 g/mol. The van der Waals surface area contributed by atoms with Crippen LogP contribution < -0.4 is 5.32 Å². The molecule has 0 aliphatic rings.